The van der Waals surface area contributed by atoms with Crippen LogP contribution in [0.4, 0.5) is 23.1 Å². The molecule has 2 N–H and O–H groups in total. The van der Waals surface area contributed by atoms with Gasteiger partial charge in [0.05, 0.1) is 0 Å². The minimum absolute atomic E-state index is 0.594. The van der Waals surface area contributed by atoms with Crippen molar-refractivity contribution < 1.29 is 0 Å². The van der Waals surface area contributed by atoms with Crippen LogP contribution in [0.15, 0.2) is 48.5 Å². The minimum atomic E-state index is 0.594. The number of aromatic nitrogens is 2. The lowest BCUT2D eigenvalue weighted by molar-refractivity contribution is 1.10. The molecule has 3 aromatic rings. The summed E-state index contributed by atoms with van der Waals surface area (Å²) in [5.41, 5.74) is 6.59. The van der Waals surface area contributed by atoms with Crippen molar-refractivity contribution >= 4 is 23.1 Å². The molecular formula is C20H22N4. The van der Waals surface area contributed by atoms with Gasteiger partial charge in [-0.1, -0.05) is 35.4 Å². The summed E-state index contributed by atoms with van der Waals surface area (Å²) in [6.07, 6.45) is 0. The van der Waals surface area contributed by atoms with E-state index in [0.717, 1.165) is 22.9 Å². The van der Waals surface area contributed by atoms with Gasteiger partial charge in [0.15, 0.2) is 0 Å². The Labute approximate surface area is 143 Å². The first-order chi connectivity index (χ1) is 11.5. The Balaban J connectivity index is 1.84. The smallest absolute Gasteiger partial charge is 0.229 e. The molecule has 0 aliphatic heterocycles. The van der Waals surface area contributed by atoms with Crippen molar-refractivity contribution in [2.75, 3.05) is 10.6 Å². The average molecular weight is 318 g/mol. The van der Waals surface area contributed by atoms with Crippen LogP contribution in [0.5, 0.6) is 0 Å². The second-order valence-corrected chi connectivity index (χ2v) is 6.15. The number of nitrogens with zero attached hydrogens (tertiary/aromatic N) is 2. The van der Waals surface area contributed by atoms with Crippen molar-refractivity contribution in [3.05, 3.63) is 70.9 Å². The monoisotopic (exact) mass is 318 g/mol. The Bertz CT molecular complexity index is 854. The van der Waals surface area contributed by atoms with E-state index in [-0.39, 0.29) is 0 Å². The van der Waals surface area contributed by atoms with E-state index in [1.54, 1.807) is 0 Å². The molecule has 24 heavy (non-hydrogen) atoms. The van der Waals surface area contributed by atoms with Gasteiger partial charge in [0, 0.05) is 23.1 Å². The summed E-state index contributed by atoms with van der Waals surface area (Å²) in [5.74, 6) is 1.37. The lowest BCUT2D eigenvalue weighted by Crippen LogP contribution is -2.03. The number of hydrogen-bond donors (Lipinski definition) is 2. The van der Waals surface area contributed by atoms with Gasteiger partial charge < -0.3 is 10.6 Å². The van der Waals surface area contributed by atoms with E-state index >= 15 is 0 Å². The fourth-order valence-electron chi connectivity index (χ4n) is 2.55. The minimum Gasteiger partial charge on any atom is -0.340 e. The molecule has 0 unspecified atom stereocenters. The standard InChI is InChI=1S/C20H22N4/c1-13-5-8-17(9-6-13)22-19-12-16(4)21-20(24-19)23-18-10-7-14(2)11-15(18)3/h5-12H,1-4H3,(H2,21,22,23,24). The molecule has 0 aliphatic rings. The van der Waals surface area contributed by atoms with Crippen LogP contribution in [0.25, 0.3) is 0 Å². The van der Waals surface area contributed by atoms with Crippen molar-refractivity contribution in [1.82, 2.24) is 9.97 Å². The van der Waals surface area contributed by atoms with E-state index in [2.05, 4.69) is 71.7 Å². The molecule has 4 heteroatoms. The highest BCUT2D eigenvalue weighted by Crippen LogP contribution is 2.22. The molecule has 0 bridgehead atoms. The first kappa shape index (κ1) is 16.0. The van der Waals surface area contributed by atoms with E-state index in [0.29, 0.717) is 5.95 Å². The molecule has 0 spiro atoms. The first-order valence-corrected chi connectivity index (χ1v) is 8.03. The Morgan fingerprint density at radius 2 is 1.42 bits per heavy atom. The maximum atomic E-state index is 4.58. The lowest BCUT2D eigenvalue weighted by atomic mass is 10.1. The van der Waals surface area contributed by atoms with Crippen LogP contribution >= 0.6 is 0 Å². The predicted octanol–water partition coefficient (Wildman–Crippen LogP) is 5.20. The fourth-order valence-corrected chi connectivity index (χ4v) is 2.55. The highest BCUT2D eigenvalue weighted by molar-refractivity contribution is 5.62. The number of rotatable bonds is 4. The molecule has 0 saturated carbocycles. The first-order valence-electron chi connectivity index (χ1n) is 8.03. The second kappa shape index (κ2) is 6.71. The molecule has 122 valence electrons. The molecule has 0 amide bonds. The fraction of sp³-hybridized carbons (Fsp3) is 0.200. The van der Waals surface area contributed by atoms with Gasteiger partial charge in [0.2, 0.25) is 5.95 Å². The van der Waals surface area contributed by atoms with Crippen LogP contribution in [0, 0.1) is 27.7 Å². The van der Waals surface area contributed by atoms with Crippen molar-refractivity contribution in [3.63, 3.8) is 0 Å². The van der Waals surface area contributed by atoms with E-state index in [9.17, 15) is 0 Å². The van der Waals surface area contributed by atoms with Crippen molar-refractivity contribution in [1.29, 1.82) is 0 Å². The number of benzene rings is 2. The number of aryl methyl sites for hydroxylation is 4. The summed E-state index contributed by atoms with van der Waals surface area (Å²) in [4.78, 5) is 9.06. The largest absolute Gasteiger partial charge is 0.340 e. The molecule has 3 rings (SSSR count). The Morgan fingerprint density at radius 1 is 0.708 bits per heavy atom. The molecule has 1 aromatic heterocycles. The summed E-state index contributed by atoms with van der Waals surface area (Å²) in [6, 6.07) is 16.5. The zero-order valence-electron chi connectivity index (χ0n) is 14.5. The Hall–Kier alpha value is -2.88. The van der Waals surface area contributed by atoms with E-state index in [1.807, 2.05) is 25.1 Å². The SMILES string of the molecule is Cc1ccc(Nc2cc(C)nc(Nc3ccc(C)cc3C)n2)cc1. The number of anilines is 4. The molecule has 0 aliphatic carbocycles. The van der Waals surface area contributed by atoms with Crippen LogP contribution in [0.1, 0.15) is 22.4 Å². The lowest BCUT2D eigenvalue weighted by Gasteiger charge is -2.12. The molecule has 0 saturated heterocycles. The van der Waals surface area contributed by atoms with Gasteiger partial charge in [-0.15, -0.1) is 0 Å². The van der Waals surface area contributed by atoms with Crippen molar-refractivity contribution in [2.24, 2.45) is 0 Å². The quantitative estimate of drug-likeness (QED) is 0.694. The molecule has 4 nitrogen and oxygen atoms in total. The maximum Gasteiger partial charge on any atom is 0.229 e. The predicted molar refractivity (Wildman–Crippen MR) is 100 cm³/mol. The van der Waals surface area contributed by atoms with Crippen molar-refractivity contribution in [3.8, 4) is 0 Å². The van der Waals surface area contributed by atoms with Gasteiger partial charge in [0.1, 0.15) is 5.82 Å². The van der Waals surface area contributed by atoms with E-state index < -0.39 is 0 Å². The Morgan fingerprint density at radius 3 is 2.12 bits per heavy atom. The molecule has 0 fully saturated rings. The van der Waals surface area contributed by atoms with Crippen LogP contribution in [0.3, 0.4) is 0 Å². The molecular weight excluding hydrogens is 296 g/mol. The highest BCUT2D eigenvalue weighted by atomic mass is 15.1. The summed E-state index contributed by atoms with van der Waals surface area (Å²) in [5, 5.41) is 6.64. The van der Waals surface area contributed by atoms with Crippen LogP contribution in [-0.4, -0.2) is 9.97 Å². The third-order valence-electron chi connectivity index (χ3n) is 3.81. The van der Waals surface area contributed by atoms with E-state index in [1.165, 1.54) is 16.7 Å². The van der Waals surface area contributed by atoms with Gasteiger partial charge in [0.25, 0.3) is 0 Å². The molecule has 0 radical (unpaired) electrons. The zero-order valence-corrected chi connectivity index (χ0v) is 14.5. The summed E-state index contributed by atoms with van der Waals surface area (Å²) in [6.45, 7) is 8.21. The summed E-state index contributed by atoms with van der Waals surface area (Å²) in [7, 11) is 0. The van der Waals surface area contributed by atoms with Gasteiger partial charge in [-0.2, -0.15) is 4.98 Å². The average Bonchev–Trinajstić information content (AvgIpc) is 2.52. The summed E-state index contributed by atoms with van der Waals surface area (Å²) < 4.78 is 0. The van der Waals surface area contributed by atoms with E-state index in [4.69, 9.17) is 0 Å². The molecule has 2 aromatic carbocycles. The third kappa shape index (κ3) is 3.90. The molecule has 0 atom stereocenters. The van der Waals surface area contributed by atoms with Gasteiger partial charge in [-0.3, -0.25) is 0 Å². The zero-order chi connectivity index (χ0) is 17.1. The van der Waals surface area contributed by atoms with Gasteiger partial charge in [-0.05, 0) is 51.5 Å². The van der Waals surface area contributed by atoms with Gasteiger partial charge >= 0.3 is 0 Å². The summed E-state index contributed by atoms with van der Waals surface area (Å²) >= 11 is 0. The topological polar surface area (TPSA) is 49.8 Å². The van der Waals surface area contributed by atoms with Crippen LogP contribution in [0.2, 0.25) is 0 Å². The third-order valence-corrected chi connectivity index (χ3v) is 3.81. The van der Waals surface area contributed by atoms with Crippen LogP contribution in [-0.2, 0) is 0 Å². The van der Waals surface area contributed by atoms with Gasteiger partial charge in [-0.25, -0.2) is 4.98 Å². The normalized spacial score (nSPS) is 10.5. The molecule has 1 heterocycles. The number of nitrogens with one attached hydrogen (secondary N) is 2. The maximum absolute atomic E-state index is 4.58. The van der Waals surface area contributed by atoms with Crippen molar-refractivity contribution in [2.45, 2.75) is 27.7 Å². The highest BCUT2D eigenvalue weighted by Gasteiger charge is 2.05. The van der Waals surface area contributed by atoms with Crippen LogP contribution < -0.4 is 10.6 Å². The number of hydrogen-bond acceptors (Lipinski definition) is 4. The second-order valence-electron chi connectivity index (χ2n) is 6.15. The Kier molecular flexibility index (Phi) is 4.47.